The van der Waals surface area contributed by atoms with E-state index in [0.29, 0.717) is 18.8 Å². The van der Waals surface area contributed by atoms with Crippen molar-refractivity contribution in [1.82, 2.24) is 4.90 Å². The Morgan fingerprint density at radius 1 is 1.24 bits per heavy atom. The first kappa shape index (κ1) is 19.2. The molecular formula is C21H20F2N2O4. The minimum atomic E-state index is -0.702. The van der Waals surface area contributed by atoms with Crippen LogP contribution in [0.3, 0.4) is 0 Å². The highest BCUT2D eigenvalue weighted by Gasteiger charge is 2.33. The highest BCUT2D eigenvalue weighted by atomic mass is 19.1. The summed E-state index contributed by atoms with van der Waals surface area (Å²) >= 11 is 0. The standard InChI is InChI=1S/C21H20F2N2O4/c1-12-2-3-19(17(23)4-12)28-10-13-8-25(9-13)21(27)15-5-18-20(6-16(15)22)29-11-14(26)7-24-18/h2-6,13,24H,7-11H2,1H3. The van der Waals surface area contributed by atoms with Gasteiger partial charge >= 0.3 is 0 Å². The second-order valence-corrected chi connectivity index (χ2v) is 7.33. The normalized spacial score (nSPS) is 16.2. The number of fused-ring (bicyclic) bond motifs is 1. The molecule has 0 unspecified atom stereocenters. The number of ether oxygens (including phenoxy) is 2. The zero-order chi connectivity index (χ0) is 20.5. The van der Waals surface area contributed by atoms with Crippen LogP contribution in [-0.4, -0.2) is 49.4 Å². The Kier molecular flexibility index (Phi) is 5.08. The number of nitrogens with one attached hydrogen (secondary N) is 1. The van der Waals surface area contributed by atoms with Gasteiger partial charge in [0.2, 0.25) is 0 Å². The van der Waals surface area contributed by atoms with E-state index < -0.39 is 17.5 Å². The molecule has 2 aromatic rings. The maximum Gasteiger partial charge on any atom is 0.256 e. The molecular weight excluding hydrogens is 382 g/mol. The topological polar surface area (TPSA) is 67.9 Å². The minimum Gasteiger partial charge on any atom is -0.490 e. The molecule has 29 heavy (non-hydrogen) atoms. The lowest BCUT2D eigenvalue weighted by molar-refractivity contribution is -0.119. The molecule has 1 fully saturated rings. The Labute approximate surface area is 166 Å². The van der Waals surface area contributed by atoms with Gasteiger partial charge in [-0.3, -0.25) is 9.59 Å². The van der Waals surface area contributed by atoms with Crippen molar-refractivity contribution in [2.75, 3.05) is 38.2 Å². The van der Waals surface area contributed by atoms with Gasteiger partial charge < -0.3 is 19.7 Å². The first-order valence-electron chi connectivity index (χ1n) is 9.31. The van der Waals surface area contributed by atoms with Gasteiger partial charge in [0.1, 0.15) is 18.2 Å². The number of likely N-dealkylation sites (tertiary alicyclic amines) is 1. The number of nitrogens with zero attached hydrogens (tertiary/aromatic N) is 1. The predicted octanol–water partition coefficient (Wildman–Crippen LogP) is 2.80. The highest BCUT2D eigenvalue weighted by Crippen LogP contribution is 2.31. The zero-order valence-electron chi connectivity index (χ0n) is 15.8. The molecule has 152 valence electrons. The number of amides is 1. The van der Waals surface area contributed by atoms with E-state index in [1.165, 1.54) is 17.0 Å². The van der Waals surface area contributed by atoms with Crippen LogP contribution in [0.25, 0.3) is 0 Å². The molecule has 0 aliphatic carbocycles. The summed E-state index contributed by atoms with van der Waals surface area (Å²) in [6, 6.07) is 7.24. The van der Waals surface area contributed by atoms with Crippen molar-refractivity contribution < 1.29 is 27.8 Å². The van der Waals surface area contributed by atoms with Gasteiger partial charge in [-0.2, -0.15) is 0 Å². The fourth-order valence-corrected chi connectivity index (χ4v) is 3.32. The average Bonchev–Trinajstić information content (AvgIpc) is 2.82. The van der Waals surface area contributed by atoms with Gasteiger partial charge in [-0.25, -0.2) is 8.78 Å². The number of rotatable bonds is 4. The average molecular weight is 402 g/mol. The van der Waals surface area contributed by atoms with Crippen molar-refractivity contribution >= 4 is 17.4 Å². The molecule has 0 spiro atoms. The number of halogens is 2. The molecule has 4 rings (SSSR count). The van der Waals surface area contributed by atoms with Crippen LogP contribution in [0, 0.1) is 24.5 Å². The van der Waals surface area contributed by atoms with E-state index in [-0.39, 0.29) is 48.5 Å². The number of hydrogen-bond donors (Lipinski definition) is 1. The van der Waals surface area contributed by atoms with Crippen LogP contribution >= 0.6 is 0 Å². The first-order chi connectivity index (χ1) is 13.9. The summed E-state index contributed by atoms with van der Waals surface area (Å²) in [5.41, 5.74) is 1.14. The molecule has 0 aromatic heterocycles. The Bertz CT molecular complexity index is 973. The van der Waals surface area contributed by atoms with Crippen molar-refractivity contribution in [3.63, 3.8) is 0 Å². The molecule has 1 N–H and O–H groups in total. The molecule has 0 atom stereocenters. The molecule has 0 saturated carbocycles. The second-order valence-electron chi connectivity index (χ2n) is 7.33. The van der Waals surface area contributed by atoms with Crippen LogP contribution in [-0.2, 0) is 4.79 Å². The summed E-state index contributed by atoms with van der Waals surface area (Å²) in [5.74, 6) is -1.30. The lowest BCUT2D eigenvalue weighted by Crippen LogP contribution is -2.52. The highest BCUT2D eigenvalue weighted by molar-refractivity contribution is 5.97. The lowest BCUT2D eigenvalue weighted by atomic mass is 9.99. The van der Waals surface area contributed by atoms with Gasteiger partial charge in [0.05, 0.1) is 24.4 Å². The SMILES string of the molecule is Cc1ccc(OCC2CN(C(=O)c3cc4c(cc3F)OCC(=O)CN4)C2)c(F)c1. The Balaban J connectivity index is 1.36. The number of anilines is 1. The molecule has 1 saturated heterocycles. The van der Waals surface area contributed by atoms with E-state index in [2.05, 4.69) is 5.32 Å². The first-order valence-corrected chi connectivity index (χ1v) is 9.31. The van der Waals surface area contributed by atoms with E-state index in [1.807, 2.05) is 0 Å². The molecule has 8 heteroatoms. The summed E-state index contributed by atoms with van der Waals surface area (Å²) in [4.78, 5) is 25.6. The van der Waals surface area contributed by atoms with Gasteiger partial charge in [-0.05, 0) is 30.7 Å². The Morgan fingerprint density at radius 2 is 2.03 bits per heavy atom. The number of benzene rings is 2. The maximum absolute atomic E-state index is 14.4. The number of carbonyl (C=O) groups is 2. The largest absolute Gasteiger partial charge is 0.490 e. The molecule has 6 nitrogen and oxygen atoms in total. The fourth-order valence-electron chi connectivity index (χ4n) is 3.32. The summed E-state index contributed by atoms with van der Waals surface area (Å²) in [6.07, 6.45) is 0. The molecule has 0 radical (unpaired) electrons. The van der Waals surface area contributed by atoms with Crippen LogP contribution in [0.15, 0.2) is 30.3 Å². The van der Waals surface area contributed by atoms with E-state index >= 15 is 0 Å². The number of ketones is 1. The second kappa shape index (κ2) is 7.69. The third kappa shape index (κ3) is 4.01. The van der Waals surface area contributed by atoms with E-state index in [9.17, 15) is 18.4 Å². The van der Waals surface area contributed by atoms with Crippen molar-refractivity contribution in [2.24, 2.45) is 5.92 Å². The third-order valence-corrected chi connectivity index (χ3v) is 4.97. The Hall–Kier alpha value is -3.16. The van der Waals surface area contributed by atoms with Crippen molar-refractivity contribution in [3.8, 4) is 11.5 Å². The van der Waals surface area contributed by atoms with Gasteiger partial charge in [-0.15, -0.1) is 0 Å². The minimum absolute atomic E-state index is 0.0441. The fraction of sp³-hybridized carbons (Fsp3) is 0.333. The number of carbonyl (C=O) groups excluding carboxylic acids is 2. The molecule has 1 amide bonds. The lowest BCUT2D eigenvalue weighted by Gasteiger charge is -2.39. The maximum atomic E-state index is 14.4. The summed E-state index contributed by atoms with van der Waals surface area (Å²) in [5, 5.41) is 2.86. The van der Waals surface area contributed by atoms with Crippen LogP contribution in [0.1, 0.15) is 15.9 Å². The van der Waals surface area contributed by atoms with Crippen molar-refractivity contribution in [1.29, 1.82) is 0 Å². The Morgan fingerprint density at radius 3 is 2.79 bits per heavy atom. The molecule has 2 heterocycles. The van der Waals surface area contributed by atoms with Crippen molar-refractivity contribution in [2.45, 2.75) is 6.92 Å². The smallest absolute Gasteiger partial charge is 0.256 e. The summed E-state index contributed by atoms with van der Waals surface area (Å²) in [6.45, 7) is 2.78. The predicted molar refractivity (Wildman–Crippen MR) is 101 cm³/mol. The van der Waals surface area contributed by atoms with Crippen LogP contribution < -0.4 is 14.8 Å². The van der Waals surface area contributed by atoms with Gasteiger partial charge in [0, 0.05) is 25.1 Å². The monoisotopic (exact) mass is 402 g/mol. The van der Waals surface area contributed by atoms with Gasteiger partial charge in [-0.1, -0.05) is 6.07 Å². The zero-order valence-corrected chi connectivity index (χ0v) is 15.8. The summed E-state index contributed by atoms with van der Waals surface area (Å²) in [7, 11) is 0. The number of aryl methyl sites for hydroxylation is 1. The van der Waals surface area contributed by atoms with Gasteiger partial charge in [0.15, 0.2) is 17.3 Å². The van der Waals surface area contributed by atoms with Crippen LogP contribution in [0.2, 0.25) is 0 Å². The molecule has 2 aliphatic rings. The third-order valence-electron chi connectivity index (χ3n) is 4.97. The van der Waals surface area contributed by atoms with Gasteiger partial charge in [0.25, 0.3) is 5.91 Å². The van der Waals surface area contributed by atoms with Crippen LogP contribution in [0.4, 0.5) is 14.5 Å². The van der Waals surface area contributed by atoms with E-state index in [4.69, 9.17) is 9.47 Å². The molecule has 0 bridgehead atoms. The van der Waals surface area contributed by atoms with Crippen LogP contribution in [0.5, 0.6) is 11.5 Å². The quantitative estimate of drug-likeness (QED) is 0.852. The van der Waals surface area contributed by atoms with E-state index in [0.717, 1.165) is 11.6 Å². The number of Topliss-reactive ketones (excluding diaryl/α,β-unsaturated/α-hetero) is 1. The van der Waals surface area contributed by atoms with Crippen molar-refractivity contribution in [3.05, 3.63) is 53.1 Å². The molecule has 2 aliphatic heterocycles. The number of hydrogen-bond acceptors (Lipinski definition) is 5. The molecule has 2 aromatic carbocycles. The summed E-state index contributed by atoms with van der Waals surface area (Å²) < 4.78 is 39.0. The van der Waals surface area contributed by atoms with E-state index in [1.54, 1.807) is 19.1 Å².